The molecule has 2 heterocycles. The molecule has 134 valence electrons. The molecule has 3 rings (SSSR count). The molecule has 2 aromatic rings. The van der Waals surface area contributed by atoms with Gasteiger partial charge in [-0.1, -0.05) is 18.2 Å². The van der Waals surface area contributed by atoms with Crippen molar-refractivity contribution in [1.82, 2.24) is 14.5 Å². The highest BCUT2D eigenvalue weighted by Crippen LogP contribution is 2.33. The number of hydrogen-bond acceptors (Lipinski definition) is 4. The van der Waals surface area contributed by atoms with E-state index in [4.69, 9.17) is 10.5 Å². The predicted molar refractivity (Wildman–Crippen MR) is 96.4 cm³/mol. The van der Waals surface area contributed by atoms with Crippen molar-refractivity contribution in [2.75, 3.05) is 6.54 Å². The largest absolute Gasteiger partial charge is 0.444 e. The number of carbonyl (C=O) groups is 1. The number of para-hydroxylation sites is 1. The zero-order valence-electron chi connectivity index (χ0n) is 15.1. The Morgan fingerprint density at radius 1 is 1.36 bits per heavy atom. The lowest BCUT2D eigenvalue weighted by atomic mass is 10.1. The van der Waals surface area contributed by atoms with E-state index in [0.717, 1.165) is 29.9 Å². The highest BCUT2D eigenvalue weighted by molar-refractivity contribution is 5.69. The molecule has 6 heteroatoms. The topological polar surface area (TPSA) is 73.4 Å². The second-order valence-electron chi connectivity index (χ2n) is 7.32. The molecule has 25 heavy (non-hydrogen) atoms. The van der Waals surface area contributed by atoms with Gasteiger partial charge in [0, 0.05) is 25.5 Å². The average molecular weight is 342 g/mol. The van der Waals surface area contributed by atoms with Crippen LogP contribution in [0.4, 0.5) is 4.79 Å². The smallest absolute Gasteiger partial charge is 0.410 e. The number of ether oxygens (including phenoxy) is 1. The molecule has 0 aliphatic carbocycles. The van der Waals surface area contributed by atoms with E-state index < -0.39 is 5.60 Å². The van der Waals surface area contributed by atoms with Gasteiger partial charge in [0.15, 0.2) is 0 Å². The molecule has 1 aromatic heterocycles. The van der Waals surface area contributed by atoms with Gasteiger partial charge in [-0.2, -0.15) is 0 Å². The van der Waals surface area contributed by atoms with Crippen LogP contribution in [0.1, 0.15) is 51.0 Å². The highest BCUT2D eigenvalue weighted by Gasteiger charge is 2.35. The molecular formula is C19H26N4O2. The summed E-state index contributed by atoms with van der Waals surface area (Å²) in [7, 11) is 0. The van der Waals surface area contributed by atoms with Crippen LogP contribution in [0, 0.1) is 0 Å². The van der Waals surface area contributed by atoms with Crippen LogP contribution in [0.15, 0.2) is 36.7 Å². The molecule has 1 aliphatic rings. The fourth-order valence-electron chi connectivity index (χ4n) is 3.26. The van der Waals surface area contributed by atoms with Crippen LogP contribution in [0.3, 0.4) is 0 Å². The average Bonchev–Trinajstić information content (AvgIpc) is 3.21. The molecule has 0 spiro atoms. The molecule has 1 aromatic carbocycles. The van der Waals surface area contributed by atoms with Crippen LogP contribution < -0.4 is 5.73 Å². The second-order valence-corrected chi connectivity index (χ2v) is 7.32. The monoisotopic (exact) mass is 342 g/mol. The summed E-state index contributed by atoms with van der Waals surface area (Å²) in [5.74, 6) is 0.851. The summed E-state index contributed by atoms with van der Waals surface area (Å²) in [5.41, 5.74) is 7.43. The van der Waals surface area contributed by atoms with E-state index in [1.165, 1.54) is 0 Å². The Kier molecular flexibility index (Phi) is 4.81. The zero-order chi connectivity index (χ0) is 18.0. The van der Waals surface area contributed by atoms with Gasteiger partial charge in [-0.05, 0) is 45.2 Å². The summed E-state index contributed by atoms with van der Waals surface area (Å²) in [6, 6.07) is 7.92. The van der Waals surface area contributed by atoms with Gasteiger partial charge < -0.3 is 15.0 Å². The van der Waals surface area contributed by atoms with E-state index in [0.29, 0.717) is 13.1 Å². The maximum Gasteiger partial charge on any atom is 0.410 e. The van der Waals surface area contributed by atoms with Gasteiger partial charge in [0.25, 0.3) is 0 Å². The zero-order valence-corrected chi connectivity index (χ0v) is 15.1. The lowest BCUT2D eigenvalue weighted by Crippen LogP contribution is -2.37. The first-order chi connectivity index (χ1) is 11.9. The van der Waals surface area contributed by atoms with E-state index >= 15 is 0 Å². The highest BCUT2D eigenvalue weighted by atomic mass is 16.6. The van der Waals surface area contributed by atoms with Crippen molar-refractivity contribution in [1.29, 1.82) is 0 Å². The summed E-state index contributed by atoms with van der Waals surface area (Å²) in [6.07, 6.45) is 5.23. The predicted octanol–water partition coefficient (Wildman–Crippen LogP) is 3.40. The van der Waals surface area contributed by atoms with E-state index in [1.807, 2.05) is 55.8 Å². The number of imidazole rings is 1. The molecule has 1 amide bonds. The Morgan fingerprint density at radius 2 is 2.12 bits per heavy atom. The van der Waals surface area contributed by atoms with Gasteiger partial charge in [0.05, 0.1) is 11.7 Å². The first-order valence-electron chi connectivity index (χ1n) is 8.72. The lowest BCUT2D eigenvalue weighted by Gasteiger charge is -2.28. The third kappa shape index (κ3) is 3.69. The Bertz CT molecular complexity index is 748. The number of nitrogens with two attached hydrogens (primary N) is 1. The summed E-state index contributed by atoms with van der Waals surface area (Å²) in [5, 5.41) is 0. The van der Waals surface area contributed by atoms with Crippen LogP contribution in [-0.2, 0) is 11.3 Å². The fourth-order valence-corrected chi connectivity index (χ4v) is 3.26. The summed E-state index contributed by atoms with van der Waals surface area (Å²) < 4.78 is 7.61. The van der Waals surface area contributed by atoms with Crippen LogP contribution in [-0.4, -0.2) is 32.7 Å². The maximum atomic E-state index is 12.6. The summed E-state index contributed by atoms with van der Waals surface area (Å²) in [4.78, 5) is 18.9. The van der Waals surface area contributed by atoms with Crippen LogP contribution >= 0.6 is 0 Å². The van der Waals surface area contributed by atoms with Crippen molar-refractivity contribution < 1.29 is 9.53 Å². The van der Waals surface area contributed by atoms with E-state index in [9.17, 15) is 4.79 Å². The maximum absolute atomic E-state index is 12.6. The number of amides is 1. The number of likely N-dealkylation sites (tertiary alicyclic amines) is 1. The van der Waals surface area contributed by atoms with Crippen molar-refractivity contribution in [2.45, 2.75) is 51.8 Å². The minimum atomic E-state index is -0.508. The second kappa shape index (κ2) is 6.88. The minimum Gasteiger partial charge on any atom is -0.444 e. The van der Waals surface area contributed by atoms with Gasteiger partial charge in [0.2, 0.25) is 0 Å². The number of rotatable bonds is 3. The standard InChI is InChI=1S/C19H26N4O2/c1-19(2,3)25-18(24)23-11-6-9-16(23)17-21-10-12-22(17)15-8-5-4-7-14(15)13-20/h4-5,7-8,10,12,16H,6,9,11,13,20H2,1-3H3/t16-/m0/s1. The molecule has 0 unspecified atom stereocenters. The van der Waals surface area contributed by atoms with Gasteiger partial charge in [-0.15, -0.1) is 0 Å². The van der Waals surface area contributed by atoms with E-state index in [-0.39, 0.29) is 12.1 Å². The molecule has 0 bridgehead atoms. The van der Waals surface area contributed by atoms with E-state index in [1.54, 1.807) is 11.1 Å². The first kappa shape index (κ1) is 17.5. The van der Waals surface area contributed by atoms with Crippen molar-refractivity contribution >= 4 is 6.09 Å². The van der Waals surface area contributed by atoms with Crippen molar-refractivity contribution in [3.63, 3.8) is 0 Å². The Labute approximate surface area is 148 Å². The van der Waals surface area contributed by atoms with Gasteiger partial charge in [-0.25, -0.2) is 9.78 Å². The number of nitrogens with zero attached hydrogens (tertiary/aromatic N) is 3. The van der Waals surface area contributed by atoms with Crippen molar-refractivity contribution in [2.24, 2.45) is 5.73 Å². The van der Waals surface area contributed by atoms with Crippen LogP contribution in [0.2, 0.25) is 0 Å². The number of carbonyl (C=O) groups excluding carboxylic acids is 1. The third-order valence-corrected chi connectivity index (χ3v) is 4.32. The molecule has 1 aliphatic heterocycles. The SMILES string of the molecule is CC(C)(C)OC(=O)N1CCC[C@H]1c1nccn1-c1ccccc1CN. The minimum absolute atomic E-state index is 0.0873. The Hall–Kier alpha value is -2.34. The number of aromatic nitrogens is 2. The normalized spacial score (nSPS) is 17.8. The van der Waals surface area contributed by atoms with E-state index in [2.05, 4.69) is 4.98 Å². The van der Waals surface area contributed by atoms with Gasteiger partial charge in [0.1, 0.15) is 11.4 Å². The molecule has 0 saturated carbocycles. The van der Waals surface area contributed by atoms with Crippen molar-refractivity contribution in [3.05, 3.63) is 48.0 Å². The summed E-state index contributed by atoms with van der Waals surface area (Å²) >= 11 is 0. The fraction of sp³-hybridized carbons (Fsp3) is 0.474. The molecular weight excluding hydrogens is 316 g/mol. The lowest BCUT2D eigenvalue weighted by molar-refractivity contribution is 0.0217. The summed E-state index contributed by atoms with van der Waals surface area (Å²) in [6.45, 7) is 6.79. The molecule has 0 radical (unpaired) electrons. The third-order valence-electron chi connectivity index (χ3n) is 4.32. The molecule has 1 fully saturated rings. The quantitative estimate of drug-likeness (QED) is 0.928. The number of benzene rings is 1. The Balaban J connectivity index is 1.92. The van der Waals surface area contributed by atoms with Crippen LogP contribution in [0.25, 0.3) is 5.69 Å². The van der Waals surface area contributed by atoms with Crippen LogP contribution in [0.5, 0.6) is 0 Å². The first-order valence-corrected chi connectivity index (χ1v) is 8.72. The van der Waals surface area contributed by atoms with Crippen molar-refractivity contribution in [3.8, 4) is 5.69 Å². The Morgan fingerprint density at radius 3 is 2.84 bits per heavy atom. The molecule has 1 atom stereocenters. The number of hydrogen-bond donors (Lipinski definition) is 1. The van der Waals surface area contributed by atoms with Gasteiger partial charge in [-0.3, -0.25) is 4.90 Å². The molecule has 1 saturated heterocycles. The molecule has 2 N–H and O–H groups in total. The van der Waals surface area contributed by atoms with Gasteiger partial charge >= 0.3 is 6.09 Å². The molecule has 6 nitrogen and oxygen atoms in total.